The lowest BCUT2D eigenvalue weighted by Crippen LogP contribution is -2.40. The van der Waals surface area contributed by atoms with Crippen molar-refractivity contribution in [3.63, 3.8) is 0 Å². The van der Waals surface area contributed by atoms with Crippen LogP contribution in [0, 0.1) is 35.5 Å². The first-order chi connectivity index (χ1) is 13.6. The zero-order valence-electron chi connectivity index (χ0n) is 15.0. The van der Waals surface area contributed by atoms with Crippen LogP contribution in [-0.4, -0.2) is 11.8 Å². The quantitative estimate of drug-likeness (QED) is 0.563. The van der Waals surface area contributed by atoms with E-state index >= 15 is 0 Å². The summed E-state index contributed by atoms with van der Waals surface area (Å²) in [6.45, 7) is 0. The molecule has 0 N–H and O–H groups in total. The molecular weight excluding hydrogens is 374 g/mol. The molecule has 0 aromatic heterocycles. The molecular formula is C23H18ClNO3. The number of carbonyl (C=O) groups excluding carboxylic acids is 2. The van der Waals surface area contributed by atoms with Gasteiger partial charge >= 0.3 is 0 Å². The van der Waals surface area contributed by atoms with Gasteiger partial charge in [-0.3, -0.25) is 14.5 Å². The Hall–Kier alpha value is -2.59. The number of hydrogen-bond donors (Lipinski definition) is 0. The van der Waals surface area contributed by atoms with Crippen LogP contribution in [0.2, 0.25) is 5.02 Å². The van der Waals surface area contributed by atoms with Crippen molar-refractivity contribution in [2.75, 3.05) is 4.90 Å². The van der Waals surface area contributed by atoms with E-state index in [-0.39, 0.29) is 35.5 Å². The second-order valence-electron chi connectivity index (χ2n) is 8.22. The van der Waals surface area contributed by atoms with Crippen molar-refractivity contribution in [2.45, 2.75) is 6.42 Å². The maximum absolute atomic E-state index is 13.1. The summed E-state index contributed by atoms with van der Waals surface area (Å²) < 4.78 is 5.81. The molecule has 140 valence electrons. The van der Waals surface area contributed by atoms with Crippen LogP contribution in [0.4, 0.5) is 5.69 Å². The third-order valence-corrected chi connectivity index (χ3v) is 7.06. The summed E-state index contributed by atoms with van der Waals surface area (Å²) in [4.78, 5) is 27.7. The minimum atomic E-state index is -0.170. The fraction of sp³-hybridized carbons (Fsp3) is 0.304. The molecule has 7 rings (SSSR count). The number of ether oxygens (including phenoxy) is 1. The van der Waals surface area contributed by atoms with Crippen molar-refractivity contribution in [1.82, 2.24) is 0 Å². The molecule has 1 heterocycles. The van der Waals surface area contributed by atoms with Crippen molar-refractivity contribution in [3.8, 4) is 11.5 Å². The first-order valence-corrected chi connectivity index (χ1v) is 10.1. The van der Waals surface area contributed by atoms with Gasteiger partial charge in [0, 0.05) is 5.02 Å². The molecule has 0 radical (unpaired) electrons. The summed E-state index contributed by atoms with van der Waals surface area (Å²) in [7, 11) is 0. The van der Waals surface area contributed by atoms with Gasteiger partial charge in [-0.15, -0.1) is 0 Å². The number of allylic oxidation sites excluding steroid dienone is 2. The van der Waals surface area contributed by atoms with Crippen molar-refractivity contribution < 1.29 is 14.3 Å². The predicted octanol–water partition coefficient (Wildman–Crippen LogP) is 4.69. The largest absolute Gasteiger partial charge is 0.457 e. The van der Waals surface area contributed by atoms with Gasteiger partial charge in [0.1, 0.15) is 11.5 Å². The van der Waals surface area contributed by atoms with Crippen LogP contribution >= 0.6 is 11.6 Å². The van der Waals surface area contributed by atoms with Gasteiger partial charge in [0.05, 0.1) is 17.5 Å². The van der Waals surface area contributed by atoms with Gasteiger partial charge < -0.3 is 4.74 Å². The minimum Gasteiger partial charge on any atom is -0.457 e. The number of benzene rings is 2. The lowest BCUT2D eigenvalue weighted by Gasteiger charge is -2.37. The van der Waals surface area contributed by atoms with Gasteiger partial charge in [0.25, 0.3) is 0 Å². The third kappa shape index (κ3) is 2.24. The Bertz CT molecular complexity index is 977. The summed E-state index contributed by atoms with van der Waals surface area (Å²) in [5.41, 5.74) is 0.626. The summed E-state index contributed by atoms with van der Waals surface area (Å²) in [6.07, 6.45) is 5.56. The van der Waals surface area contributed by atoms with Crippen LogP contribution in [0.1, 0.15) is 6.42 Å². The first-order valence-electron chi connectivity index (χ1n) is 9.71. The van der Waals surface area contributed by atoms with E-state index in [1.165, 1.54) is 11.3 Å². The van der Waals surface area contributed by atoms with Crippen LogP contribution in [0.5, 0.6) is 11.5 Å². The molecule has 2 amide bonds. The molecule has 28 heavy (non-hydrogen) atoms. The summed E-state index contributed by atoms with van der Waals surface area (Å²) >= 11 is 5.89. The molecule has 2 aromatic rings. The molecule has 4 aliphatic carbocycles. The average Bonchev–Trinajstić information content (AvgIpc) is 3.49. The molecule has 2 saturated carbocycles. The van der Waals surface area contributed by atoms with Crippen molar-refractivity contribution in [1.29, 1.82) is 0 Å². The average molecular weight is 392 g/mol. The zero-order chi connectivity index (χ0) is 19.0. The maximum atomic E-state index is 13.1. The van der Waals surface area contributed by atoms with Crippen molar-refractivity contribution in [3.05, 3.63) is 65.7 Å². The highest BCUT2D eigenvalue weighted by atomic mass is 35.5. The lowest BCUT2D eigenvalue weighted by atomic mass is 9.63. The zero-order valence-corrected chi connectivity index (χ0v) is 15.8. The van der Waals surface area contributed by atoms with E-state index in [4.69, 9.17) is 16.3 Å². The Morgan fingerprint density at radius 1 is 0.786 bits per heavy atom. The van der Waals surface area contributed by atoms with E-state index in [1.54, 1.807) is 48.5 Å². The van der Waals surface area contributed by atoms with Gasteiger partial charge in [-0.25, -0.2) is 0 Å². The second kappa shape index (κ2) is 5.71. The van der Waals surface area contributed by atoms with Crippen LogP contribution in [-0.2, 0) is 9.59 Å². The highest BCUT2D eigenvalue weighted by molar-refractivity contribution is 6.30. The van der Waals surface area contributed by atoms with Gasteiger partial charge in [0.2, 0.25) is 11.8 Å². The molecule has 2 aromatic carbocycles. The third-order valence-electron chi connectivity index (χ3n) is 6.81. The fourth-order valence-electron chi connectivity index (χ4n) is 5.51. The topological polar surface area (TPSA) is 46.6 Å². The summed E-state index contributed by atoms with van der Waals surface area (Å²) in [5, 5.41) is 0.649. The van der Waals surface area contributed by atoms with Gasteiger partial charge in [-0.05, 0) is 78.6 Å². The molecule has 5 heteroatoms. The second-order valence-corrected chi connectivity index (χ2v) is 8.65. The smallest absolute Gasteiger partial charge is 0.238 e. The van der Waals surface area contributed by atoms with Gasteiger partial charge in [-0.1, -0.05) is 23.8 Å². The molecule has 2 bridgehead atoms. The van der Waals surface area contributed by atoms with Crippen molar-refractivity contribution >= 4 is 29.1 Å². The van der Waals surface area contributed by atoms with E-state index in [1.807, 2.05) is 0 Å². The highest BCUT2D eigenvalue weighted by Crippen LogP contribution is 2.65. The van der Waals surface area contributed by atoms with Crippen LogP contribution in [0.25, 0.3) is 0 Å². The minimum absolute atomic E-state index is 0.0360. The Kier molecular flexibility index (Phi) is 3.34. The Labute approximate surface area is 167 Å². The number of rotatable bonds is 3. The molecule has 1 saturated heterocycles. The fourth-order valence-corrected chi connectivity index (χ4v) is 5.64. The maximum Gasteiger partial charge on any atom is 0.238 e. The molecule has 5 aliphatic rings. The molecule has 4 nitrogen and oxygen atoms in total. The molecule has 3 fully saturated rings. The normalized spacial score (nSPS) is 34.4. The number of anilines is 1. The molecule has 1 aliphatic heterocycles. The van der Waals surface area contributed by atoms with E-state index in [9.17, 15) is 9.59 Å². The van der Waals surface area contributed by atoms with Crippen LogP contribution in [0.15, 0.2) is 60.7 Å². The number of hydrogen-bond acceptors (Lipinski definition) is 3. The SMILES string of the molecule is O=C1[C@@H]2[C@@H]3C=C[C@@H]([C@@H]4C[C@H]34)[C@@H]2C(=O)N1c1ccc(Oc2ccc(Cl)cc2)cc1. The number of carbonyl (C=O) groups is 2. The van der Waals surface area contributed by atoms with Gasteiger partial charge in [-0.2, -0.15) is 0 Å². The number of amides is 2. The molecule has 6 atom stereocenters. The molecule has 0 spiro atoms. The Morgan fingerprint density at radius 3 is 1.82 bits per heavy atom. The number of nitrogens with zero attached hydrogens (tertiary/aromatic N) is 1. The summed E-state index contributed by atoms with van der Waals surface area (Å²) in [6, 6.07) is 14.3. The van der Waals surface area contributed by atoms with Crippen molar-refractivity contribution in [2.24, 2.45) is 35.5 Å². The Morgan fingerprint density at radius 2 is 1.29 bits per heavy atom. The monoisotopic (exact) mass is 391 g/mol. The standard InChI is InChI=1S/C23H18ClNO3/c24-12-1-5-14(6-2-12)28-15-7-3-13(4-8-15)25-22(26)20-16-9-10-17(19-11-18(16)19)21(20)23(25)27/h1-10,16-21H,11H2/t16-,17+,18-,19+,20-,21+. The van der Waals surface area contributed by atoms with E-state index in [2.05, 4.69) is 12.2 Å². The lowest BCUT2D eigenvalue weighted by molar-refractivity contribution is -0.124. The number of imide groups is 1. The highest BCUT2D eigenvalue weighted by Gasteiger charge is 2.67. The first kappa shape index (κ1) is 16.4. The Balaban J connectivity index is 1.26. The number of halogens is 1. The predicted molar refractivity (Wildman–Crippen MR) is 105 cm³/mol. The van der Waals surface area contributed by atoms with E-state index < -0.39 is 0 Å². The summed E-state index contributed by atoms with van der Waals surface area (Å²) in [5.74, 6) is 2.63. The van der Waals surface area contributed by atoms with Gasteiger partial charge in [0.15, 0.2) is 0 Å². The van der Waals surface area contributed by atoms with Crippen LogP contribution < -0.4 is 9.64 Å². The van der Waals surface area contributed by atoms with Crippen LogP contribution in [0.3, 0.4) is 0 Å². The van der Waals surface area contributed by atoms with E-state index in [0.717, 1.165) is 0 Å². The van der Waals surface area contributed by atoms with E-state index in [0.29, 0.717) is 34.0 Å². The molecule has 0 unspecified atom stereocenters.